The molecule has 1 N–H and O–H groups in total. The molecule has 26 heavy (non-hydrogen) atoms. The van der Waals surface area contributed by atoms with Gasteiger partial charge in [0.05, 0.1) is 5.69 Å². The van der Waals surface area contributed by atoms with Crippen molar-refractivity contribution in [1.29, 1.82) is 5.26 Å². The zero-order valence-corrected chi connectivity index (χ0v) is 13.6. The highest BCUT2D eigenvalue weighted by molar-refractivity contribution is 6.32. The second-order valence-electron chi connectivity index (χ2n) is 5.58. The number of para-hydroxylation sites is 1. The maximum atomic E-state index is 12.5. The molecule has 0 aliphatic carbocycles. The number of hydrogen-bond acceptors (Lipinski definition) is 5. The Kier molecular flexibility index (Phi) is 4.90. The van der Waals surface area contributed by atoms with E-state index in [1.165, 1.54) is 12.2 Å². The summed E-state index contributed by atoms with van der Waals surface area (Å²) in [5.41, 5.74) is 1.45. The molecule has 0 fully saturated rings. The van der Waals surface area contributed by atoms with E-state index in [0.29, 0.717) is 22.6 Å². The minimum Gasteiger partial charge on any atom is -0.479 e. The number of carbonyl (C=O) groups is 3. The highest BCUT2D eigenvalue weighted by Gasteiger charge is 2.38. The van der Waals surface area contributed by atoms with Gasteiger partial charge in [0.1, 0.15) is 11.8 Å². The van der Waals surface area contributed by atoms with Gasteiger partial charge < -0.3 is 10.1 Å². The lowest BCUT2D eigenvalue weighted by Crippen LogP contribution is -2.39. The van der Waals surface area contributed by atoms with Crippen LogP contribution in [0.5, 0.6) is 5.75 Å². The Labute approximate surface area is 149 Å². The fraction of sp³-hybridized carbons (Fsp3) is 0.100. The molecule has 0 saturated carbocycles. The number of Topliss-reactive ketones (excluding diaryl/α,β-unsaturated/α-hetero) is 1. The average molecular weight is 346 g/mol. The zero-order chi connectivity index (χ0) is 18.5. The highest BCUT2D eigenvalue weighted by Crippen LogP contribution is 2.26. The lowest BCUT2D eigenvalue weighted by Gasteiger charge is -2.21. The summed E-state index contributed by atoms with van der Waals surface area (Å²) >= 11 is 0. The first-order valence-electron chi connectivity index (χ1n) is 7.86. The Balaban J connectivity index is 1.73. The van der Waals surface area contributed by atoms with Crippen molar-refractivity contribution < 1.29 is 19.1 Å². The SMILES string of the molecule is N#CCOc1ccc(/C=C/C(=O)C2C(=O)Nc3ccccc3C2=O)cc1. The lowest BCUT2D eigenvalue weighted by molar-refractivity contribution is -0.126. The number of anilines is 1. The average Bonchev–Trinajstić information content (AvgIpc) is 2.65. The summed E-state index contributed by atoms with van der Waals surface area (Å²) < 4.78 is 5.14. The van der Waals surface area contributed by atoms with Crippen molar-refractivity contribution in [3.63, 3.8) is 0 Å². The molecule has 0 aromatic heterocycles. The Hall–Kier alpha value is -3.72. The molecule has 0 spiro atoms. The van der Waals surface area contributed by atoms with E-state index in [9.17, 15) is 14.4 Å². The maximum Gasteiger partial charge on any atom is 0.243 e. The number of carbonyl (C=O) groups excluding carboxylic acids is 3. The summed E-state index contributed by atoms with van der Waals surface area (Å²) in [5, 5.41) is 11.1. The highest BCUT2D eigenvalue weighted by atomic mass is 16.5. The van der Waals surface area contributed by atoms with Crippen molar-refractivity contribution in [2.24, 2.45) is 5.92 Å². The summed E-state index contributed by atoms with van der Waals surface area (Å²) in [6.07, 6.45) is 2.75. The van der Waals surface area contributed by atoms with Crippen LogP contribution >= 0.6 is 0 Å². The predicted octanol–water partition coefficient (Wildman–Crippen LogP) is 2.62. The summed E-state index contributed by atoms with van der Waals surface area (Å²) in [7, 11) is 0. The Morgan fingerprint density at radius 3 is 2.62 bits per heavy atom. The van der Waals surface area contributed by atoms with Crippen LogP contribution < -0.4 is 10.1 Å². The first-order valence-corrected chi connectivity index (χ1v) is 7.86. The van der Waals surface area contributed by atoms with Crippen LogP contribution in [0.15, 0.2) is 54.6 Å². The quantitative estimate of drug-likeness (QED) is 0.663. The second-order valence-corrected chi connectivity index (χ2v) is 5.58. The number of hydrogen-bond donors (Lipinski definition) is 1. The van der Waals surface area contributed by atoms with Crippen LogP contribution in [0.4, 0.5) is 5.69 Å². The second kappa shape index (κ2) is 7.45. The van der Waals surface area contributed by atoms with E-state index in [-0.39, 0.29) is 6.61 Å². The van der Waals surface area contributed by atoms with Crippen LogP contribution in [0.25, 0.3) is 6.08 Å². The van der Waals surface area contributed by atoms with E-state index in [4.69, 9.17) is 10.00 Å². The number of ketones is 2. The number of rotatable bonds is 5. The number of nitrogens with zero attached hydrogens (tertiary/aromatic N) is 1. The number of ether oxygens (including phenoxy) is 1. The lowest BCUT2D eigenvalue weighted by atomic mass is 9.88. The minimum atomic E-state index is -1.38. The van der Waals surface area contributed by atoms with Crippen LogP contribution in [0.2, 0.25) is 0 Å². The first kappa shape index (κ1) is 17.1. The van der Waals surface area contributed by atoms with Gasteiger partial charge in [0.15, 0.2) is 24.1 Å². The third-order valence-corrected chi connectivity index (χ3v) is 3.88. The molecule has 2 aromatic carbocycles. The summed E-state index contributed by atoms with van der Waals surface area (Å²) in [6.45, 7) is -0.0476. The molecule has 1 unspecified atom stereocenters. The molecular weight excluding hydrogens is 332 g/mol. The van der Waals surface area contributed by atoms with Gasteiger partial charge in [0.2, 0.25) is 5.91 Å². The Bertz CT molecular complexity index is 939. The van der Waals surface area contributed by atoms with Gasteiger partial charge in [-0.3, -0.25) is 14.4 Å². The van der Waals surface area contributed by atoms with Gasteiger partial charge in [-0.25, -0.2) is 0 Å². The van der Waals surface area contributed by atoms with Crippen molar-refractivity contribution in [2.75, 3.05) is 11.9 Å². The molecule has 6 nitrogen and oxygen atoms in total. The van der Waals surface area contributed by atoms with Gasteiger partial charge in [-0.1, -0.05) is 30.3 Å². The molecule has 6 heteroatoms. The smallest absolute Gasteiger partial charge is 0.243 e. The van der Waals surface area contributed by atoms with Crippen molar-refractivity contribution in [2.45, 2.75) is 0 Å². The molecule has 1 amide bonds. The molecule has 1 aliphatic heterocycles. The van der Waals surface area contributed by atoms with Gasteiger partial charge in [-0.2, -0.15) is 5.26 Å². The van der Waals surface area contributed by atoms with Crippen molar-refractivity contribution in [3.05, 3.63) is 65.7 Å². The molecule has 128 valence electrons. The number of nitrogens with one attached hydrogen (secondary N) is 1. The van der Waals surface area contributed by atoms with E-state index in [2.05, 4.69) is 5.32 Å². The summed E-state index contributed by atoms with van der Waals surface area (Å²) in [4.78, 5) is 37.0. The van der Waals surface area contributed by atoms with Crippen molar-refractivity contribution in [3.8, 4) is 11.8 Å². The number of amides is 1. The van der Waals surface area contributed by atoms with Crippen molar-refractivity contribution >= 4 is 29.2 Å². The van der Waals surface area contributed by atoms with Crippen LogP contribution in [0.1, 0.15) is 15.9 Å². The van der Waals surface area contributed by atoms with Crippen molar-refractivity contribution in [1.82, 2.24) is 0 Å². The molecule has 0 radical (unpaired) electrons. The summed E-state index contributed by atoms with van der Waals surface area (Å²) in [6, 6.07) is 15.2. The van der Waals surface area contributed by atoms with E-state index in [0.717, 1.165) is 0 Å². The molecular formula is C20H14N2O4. The van der Waals surface area contributed by atoms with Crippen LogP contribution in [-0.4, -0.2) is 24.1 Å². The topological polar surface area (TPSA) is 96.3 Å². The Morgan fingerprint density at radius 2 is 1.88 bits per heavy atom. The van der Waals surface area contributed by atoms with Gasteiger partial charge in [0.25, 0.3) is 0 Å². The van der Waals surface area contributed by atoms with E-state index in [1.807, 2.05) is 6.07 Å². The summed E-state index contributed by atoms with van der Waals surface area (Å²) in [5.74, 6) is -2.54. The third-order valence-electron chi connectivity index (χ3n) is 3.88. The van der Waals surface area contributed by atoms with E-state index in [1.54, 1.807) is 48.5 Å². The number of benzene rings is 2. The fourth-order valence-electron chi connectivity index (χ4n) is 2.61. The van der Waals surface area contributed by atoms with Gasteiger partial charge >= 0.3 is 0 Å². The Morgan fingerprint density at radius 1 is 1.15 bits per heavy atom. The van der Waals surface area contributed by atoms with E-state index >= 15 is 0 Å². The van der Waals surface area contributed by atoms with Gasteiger partial charge in [-0.05, 0) is 35.9 Å². The molecule has 1 aliphatic rings. The van der Waals surface area contributed by atoms with Gasteiger partial charge in [-0.15, -0.1) is 0 Å². The third kappa shape index (κ3) is 3.52. The molecule has 0 bridgehead atoms. The molecule has 2 aromatic rings. The maximum absolute atomic E-state index is 12.5. The van der Waals surface area contributed by atoms with Crippen LogP contribution in [-0.2, 0) is 9.59 Å². The standard InChI is InChI=1S/C20H14N2O4/c21-11-12-26-14-8-5-13(6-9-14)7-10-17(23)18-19(24)15-3-1-2-4-16(15)22-20(18)25/h1-10,18H,12H2,(H,22,25)/b10-7+. The van der Waals surface area contributed by atoms with E-state index < -0.39 is 23.4 Å². The zero-order valence-electron chi connectivity index (χ0n) is 13.6. The fourth-order valence-corrected chi connectivity index (χ4v) is 2.61. The molecule has 0 saturated heterocycles. The van der Waals surface area contributed by atoms with Crippen LogP contribution in [0.3, 0.4) is 0 Å². The number of nitriles is 1. The molecule has 3 rings (SSSR count). The monoisotopic (exact) mass is 346 g/mol. The van der Waals surface area contributed by atoms with Crippen LogP contribution in [0, 0.1) is 17.2 Å². The number of allylic oxidation sites excluding steroid dienone is 1. The molecule has 1 heterocycles. The molecule has 1 atom stereocenters. The largest absolute Gasteiger partial charge is 0.479 e. The normalized spacial score (nSPS) is 15.9. The number of fused-ring (bicyclic) bond motifs is 1. The predicted molar refractivity (Wildman–Crippen MR) is 94.5 cm³/mol. The van der Waals surface area contributed by atoms with Gasteiger partial charge in [0, 0.05) is 5.56 Å². The minimum absolute atomic E-state index is 0.0476. The first-order chi connectivity index (χ1) is 12.6.